The minimum atomic E-state index is -0.252. The molecular weight excluding hydrogens is 252 g/mol. The lowest BCUT2D eigenvalue weighted by Gasteiger charge is -2.20. The van der Waals surface area contributed by atoms with Crippen LogP contribution in [0.4, 0.5) is 0 Å². The first kappa shape index (κ1) is 16.6. The topological polar surface area (TPSA) is 0 Å². The third-order valence-electron chi connectivity index (χ3n) is 3.71. The highest BCUT2D eigenvalue weighted by molar-refractivity contribution is 6.23. The van der Waals surface area contributed by atoms with Gasteiger partial charge in [-0.15, -0.1) is 11.6 Å². The highest BCUT2D eigenvalue weighted by atomic mass is 35.5. The van der Waals surface area contributed by atoms with Crippen LogP contribution >= 0.6 is 11.6 Å². The van der Waals surface area contributed by atoms with E-state index in [1.54, 1.807) is 0 Å². The van der Waals surface area contributed by atoms with Crippen LogP contribution < -0.4 is 0 Å². The lowest BCUT2D eigenvalue weighted by molar-refractivity contribution is 0.587. The second kappa shape index (κ2) is 8.64. The molecule has 0 fully saturated rings. The van der Waals surface area contributed by atoms with E-state index in [0.717, 1.165) is 0 Å². The van der Waals surface area contributed by atoms with Gasteiger partial charge in [0, 0.05) is 0 Å². The van der Waals surface area contributed by atoms with Crippen LogP contribution in [-0.4, -0.2) is 0 Å². The van der Waals surface area contributed by atoms with Gasteiger partial charge in [0.2, 0.25) is 0 Å². The van der Waals surface area contributed by atoms with Gasteiger partial charge in [0.15, 0.2) is 0 Å². The molecule has 0 saturated carbocycles. The normalized spacial score (nSPS) is 11.8. The van der Waals surface area contributed by atoms with E-state index in [2.05, 4.69) is 45.0 Å². The number of hydrogen-bond acceptors (Lipinski definition) is 0. The molecule has 0 heterocycles. The predicted octanol–water partition coefficient (Wildman–Crippen LogP) is 6.45. The number of aryl methyl sites for hydroxylation is 1. The van der Waals surface area contributed by atoms with Crippen LogP contribution in [0, 0.1) is 0 Å². The third-order valence-corrected chi connectivity index (χ3v) is 3.91. The number of halogens is 1. The lowest BCUT2D eigenvalue weighted by atomic mass is 9.93. The van der Waals surface area contributed by atoms with Crippen LogP contribution in [0.1, 0.15) is 76.8 Å². The van der Waals surface area contributed by atoms with E-state index < -0.39 is 0 Å². The van der Waals surface area contributed by atoms with E-state index in [1.165, 1.54) is 62.5 Å². The second-order valence-corrected chi connectivity index (χ2v) is 6.95. The van der Waals surface area contributed by atoms with Crippen molar-refractivity contribution in [1.29, 1.82) is 0 Å². The van der Waals surface area contributed by atoms with Crippen molar-refractivity contribution in [1.82, 2.24) is 0 Å². The zero-order chi connectivity index (χ0) is 14.1. The standard InChI is InChI=1S/C18H29Cl/c1-4-5-6-7-8-9-10-13-16-14-11-12-15-17(16)18(2,3)19/h11-12,14-15H,4-10,13H2,1-3H3. The Morgan fingerprint density at radius 3 is 2.11 bits per heavy atom. The zero-order valence-electron chi connectivity index (χ0n) is 12.8. The first-order valence-corrected chi connectivity index (χ1v) is 8.20. The Bertz CT molecular complexity index is 349. The van der Waals surface area contributed by atoms with Crippen LogP contribution in [-0.2, 0) is 11.3 Å². The molecule has 0 spiro atoms. The van der Waals surface area contributed by atoms with Crippen LogP contribution in [0.15, 0.2) is 24.3 Å². The summed E-state index contributed by atoms with van der Waals surface area (Å²) in [6.07, 6.45) is 10.7. The summed E-state index contributed by atoms with van der Waals surface area (Å²) >= 11 is 6.46. The maximum absolute atomic E-state index is 6.46. The molecule has 0 atom stereocenters. The molecule has 0 saturated heterocycles. The molecule has 0 radical (unpaired) electrons. The van der Waals surface area contributed by atoms with Crippen molar-refractivity contribution in [2.75, 3.05) is 0 Å². The summed E-state index contributed by atoms with van der Waals surface area (Å²) in [7, 11) is 0. The van der Waals surface area contributed by atoms with Crippen LogP contribution in [0.5, 0.6) is 0 Å². The highest BCUT2D eigenvalue weighted by Crippen LogP contribution is 2.31. The number of benzene rings is 1. The smallest absolute Gasteiger partial charge is 0.0641 e. The van der Waals surface area contributed by atoms with E-state index in [0.29, 0.717) is 0 Å². The molecule has 0 aromatic heterocycles. The summed E-state index contributed by atoms with van der Waals surface area (Å²) in [5.74, 6) is 0. The SMILES string of the molecule is CCCCCCCCCc1ccccc1C(C)(C)Cl. The molecule has 0 nitrogen and oxygen atoms in total. The quantitative estimate of drug-likeness (QED) is 0.360. The van der Waals surface area contributed by atoms with Crippen molar-refractivity contribution < 1.29 is 0 Å². The van der Waals surface area contributed by atoms with E-state index in [-0.39, 0.29) is 4.87 Å². The average Bonchev–Trinajstić information content (AvgIpc) is 2.37. The molecule has 0 aliphatic rings. The lowest BCUT2D eigenvalue weighted by Crippen LogP contribution is -2.10. The highest BCUT2D eigenvalue weighted by Gasteiger charge is 2.19. The Labute approximate surface area is 124 Å². The number of alkyl halides is 1. The summed E-state index contributed by atoms with van der Waals surface area (Å²) in [6.45, 7) is 6.43. The Balaban J connectivity index is 2.33. The van der Waals surface area contributed by atoms with Gasteiger partial charge in [-0.05, 0) is 37.8 Å². The van der Waals surface area contributed by atoms with Crippen LogP contribution in [0.2, 0.25) is 0 Å². The average molecular weight is 281 g/mol. The molecule has 1 aromatic carbocycles. The van der Waals surface area contributed by atoms with Crippen molar-refractivity contribution in [3.63, 3.8) is 0 Å². The largest absolute Gasteiger partial charge is 0.115 e. The van der Waals surface area contributed by atoms with Gasteiger partial charge in [-0.2, -0.15) is 0 Å². The fourth-order valence-electron chi connectivity index (χ4n) is 2.59. The molecule has 0 aliphatic heterocycles. The molecule has 0 bridgehead atoms. The minimum Gasteiger partial charge on any atom is -0.115 e. The summed E-state index contributed by atoms with van der Waals surface area (Å²) in [6, 6.07) is 8.62. The monoisotopic (exact) mass is 280 g/mol. The minimum absolute atomic E-state index is 0.252. The van der Waals surface area contributed by atoms with Gasteiger partial charge in [0.25, 0.3) is 0 Å². The molecule has 0 unspecified atom stereocenters. The van der Waals surface area contributed by atoms with E-state index >= 15 is 0 Å². The molecule has 1 heteroatoms. The van der Waals surface area contributed by atoms with Crippen molar-refractivity contribution in [3.8, 4) is 0 Å². The van der Waals surface area contributed by atoms with Gasteiger partial charge in [-0.3, -0.25) is 0 Å². The zero-order valence-corrected chi connectivity index (χ0v) is 13.6. The molecule has 19 heavy (non-hydrogen) atoms. The first-order chi connectivity index (χ1) is 9.05. The Morgan fingerprint density at radius 2 is 1.47 bits per heavy atom. The molecule has 0 amide bonds. The summed E-state index contributed by atoms with van der Waals surface area (Å²) in [5.41, 5.74) is 2.72. The third kappa shape index (κ3) is 6.47. The second-order valence-electron chi connectivity index (χ2n) is 6.00. The van der Waals surface area contributed by atoms with Crippen molar-refractivity contribution in [3.05, 3.63) is 35.4 Å². The molecule has 1 rings (SSSR count). The summed E-state index contributed by atoms with van der Waals surface area (Å²) in [5, 5.41) is 0. The first-order valence-electron chi connectivity index (χ1n) is 7.83. The van der Waals surface area contributed by atoms with Crippen molar-refractivity contribution >= 4 is 11.6 Å². The Morgan fingerprint density at radius 1 is 0.895 bits per heavy atom. The fraction of sp³-hybridized carbons (Fsp3) is 0.667. The van der Waals surface area contributed by atoms with Gasteiger partial charge in [0.05, 0.1) is 4.87 Å². The maximum atomic E-state index is 6.46. The van der Waals surface area contributed by atoms with Crippen LogP contribution in [0.25, 0.3) is 0 Å². The molecule has 0 N–H and O–H groups in total. The van der Waals surface area contributed by atoms with Crippen molar-refractivity contribution in [2.24, 2.45) is 0 Å². The maximum Gasteiger partial charge on any atom is 0.0641 e. The van der Waals surface area contributed by atoms with Gasteiger partial charge < -0.3 is 0 Å². The summed E-state index contributed by atoms with van der Waals surface area (Å²) in [4.78, 5) is -0.252. The predicted molar refractivity (Wildman–Crippen MR) is 87.0 cm³/mol. The van der Waals surface area contributed by atoms with Gasteiger partial charge >= 0.3 is 0 Å². The molecule has 0 aliphatic carbocycles. The Hall–Kier alpha value is -0.490. The molecular formula is C18H29Cl. The van der Waals surface area contributed by atoms with Gasteiger partial charge in [0.1, 0.15) is 0 Å². The number of hydrogen-bond donors (Lipinski definition) is 0. The van der Waals surface area contributed by atoms with E-state index in [9.17, 15) is 0 Å². The van der Waals surface area contributed by atoms with Gasteiger partial charge in [-0.25, -0.2) is 0 Å². The van der Waals surface area contributed by atoms with E-state index in [4.69, 9.17) is 11.6 Å². The number of unbranched alkanes of at least 4 members (excludes halogenated alkanes) is 6. The molecule has 108 valence electrons. The number of rotatable bonds is 9. The van der Waals surface area contributed by atoms with Crippen molar-refractivity contribution in [2.45, 2.75) is 77.0 Å². The van der Waals surface area contributed by atoms with Crippen LogP contribution in [0.3, 0.4) is 0 Å². The summed E-state index contributed by atoms with van der Waals surface area (Å²) < 4.78 is 0. The molecule has 1 aromatic rings. The fourth-order valence-corrected chi connectivity index (χ4v) is 2.78. The Kier molecular flexibility index (Phi) is 7.53. The van der Waals surface area contributed by atoms with E-state index in [1.807, 2.05) is 0 Å². The van der Waals surface area contributed by atoms with Gasteiger partial charge in [-0.1, -0.05) is 69.7 Å².